The molecule has 0 rings (SSSR count). The van der Waals surface area contributed by atoms with E-state index in [0.717, 1.165) is 5.92 Å². The normalized spacial score (nSPS) is 14.3. The minimum atomic E-state index is 0.306. The summed E-state index contributed by atoms with van der Waals surface area (Å²) in [6.07, 6.45) is 5.06. The Kier molecular flexibility index (Phi) is 6.04. The summed E-state index contributed by atoms with van der Waals surface area (Å²) in [5.74, 6) is 0.891. The van der Waals surface area contributed by atoms with Crippen LogP contribution >= 0.6 is 18.5 Å². The third-order valence-corrected chi connectivity index (χ3v) is 5.26. The molecule has 56 valence electrons. The molecule has 1 unspecified atom stereocenters. The summed E-state index contributed by atoms with van der Waals surface area (Å²) in [5, 5.41) is 0. The molecule has 0 nitrogen and oxygen atoms in total. The van der Waals surface area contributed by atoms with E-state index in [2.05, 4.69) is 26.8 Å². The molecule has 0 aromatic rings. The molecule has 0 heterocycles. The summed E-state index contributed by atoms with van der Waals surface area (Å²) in [6.45, 7) is 6.95. The fourth-order valence-electron chi connectivity index (χ4n) is 0.531. The van der Waals surface area contributed by atoms with Crippen molar-refractivity contribution in [1.29, 1.82) is 0 Å². The van der Waals surface area contributed by atoms with Crippen LogP contribution in [0.2, 0.25) is 0 Å². The molecule has 0 spiro atoms. The van der Waals surface area contributed by atoms with Gasteiger partial charge in [-0.2, -0.15) is 0 Å². The van der Waals surface area contributed by atoms with Crippen LogP contribution in [0.1, 0.15) is 20.3 Å². The highest BCUT2D eigenvalue weighted by atomic mass is 32.7. The molecule has 2 heteroatoms. The van der Waals surface area contributed by atoms with E-state index in [1.54, 1.807) is 0 Å². The Balaban J connectivity index is 3.06. The highest BCUT2D eigenvalue weighted by molar-refractivity contribution is 8.55. The van der Waals surface area contributed by atoms with Crippen LogP contribution in [0.3, 0.4) is 0 Å². The maximum atomic E-state index is 2.36. The Hall–Kier alpha value is 0.780. The minimum Gasteiger partial charge on any atom is -0.138 e. The van der Waals surface area contributed by atoms with Crippen molar-refractivity contribution in [1.82, 2.24) is 0 Å². The molecule has 0 saturated heterocycles. The lowest BCUT2D eigenvalue weighted by atomic mass is 10.2. The van der Waals surface area contributed by atoms with E-state index in [4.69, 9.17) is 0 Å². The molecule has 9 heavy (non-hydrogen) atoms. The first-order valence-electron chi connectivity index (χ1n) is 3.42. The van der Waals surface area contributed by atoms with Gasteiger partial charge in [-0.3, -0.25) is 0 Å². The van der Waals surface area contributed by atoms with Crippen molar-refractivity contribution in [3.63, 3.8) is 0 Å². The summed E-state index contributed by atoms with van der Waals surface area (Å²) >= 11 is 2.03. The van der Waals surface area contributed by atoms with Crippen LogP contribution < -0.4 is 0 Å². The first-order valence-corrected chi connectivity index (χ1v) is 7.22. The van der Waals surface area contributed by atoms with E-state index in [1.165, 1.54) is 12.6 Å². The van der Waals surface area contributed by atoms with Gasteiger partial charge in [-0.1, -0.05) is 21.0 Å². The summed E-state index contributed by atoms with van der Waals surface area (Å²) in [5.41, 5.74) is 0. The van der Waals surface area contributed by atoms with Gasteiger partial charge >= 0.3 is 0 Å². The average molecular weight is 164 g/mol. The zero-order valence-electron chi connectivity index (χ0n) is 6.85. The maximum absolute atomic E-state index is 2.36. The molecule has 0 aromatic heterocycles. The van der Waals surface area contributed by atoms with Gasteiger partial charge in [0.25, 0.3) is 0 Å². The third kappa shape index (κ3) is 6.67. The first-order chi connectivity index (χ1) is 4.16. The van der Waals surface area contributed by atoms with Crippen LogP contribution in [0.4, 0.5) is 0 Å². The van der Waals surface area contributed by atoms with Crippen LogP contribution in [-0.2, 0) is 0 Å². The first kappa shape index (κ1) is 9.78. The fourth-order valence-corrected chi connectivity index (χ4v) is 2.46. The van der Waals surface area contributed by atoms with E-state index < -0.39 is 0 Å². The van der Waals surface area contributed by atoms with Crippen LogP contribution in [-0.4, -0.2) is 19.1 Å². The van der Waals surface area contributed by atoms with Gasteiger partial charge in [-0.15, -0.1) is 11.4 Å². The van der Waals surface area contributed by atoms with Crippen LogP contribution in [0, 0.1) is 5.92 Å². The molecule has 0 N–H and O–H groups in total. The summed E-state index contributed by atoms with van der Waals surface area (Å²) < 4.78 is 0. The molecular formula is C7H17PS. The summed E-state index contributed by atoms with van der Waals surface area (Å²) in [4.78, 5) is 0. The van der Waals surface area contributed by atoms with Gasteiger partial charge in [0, 0.05) is 0 Å². The number of rotatable bonds is 4. The zero-order chi connectivity index (χ0) is 7.28. The molecule has 0 aliphatic rings. The molecule has 0 radical (unpaired) electrons. The molecular weight excluding hydrogens is 147 g/mol. The number of hydrogen-bond acceptors (Lipinski definition) is 1. The number of hydrogen-bond donors (Lipinski definition) is 0. The lowest BCUT2D eigenvalue weighted by molar-refractivity contribution is 0.631. The third-order valence-electron chi connectivity index (χ3n) is 1.33. The quantitative estimate of drug-likeness (QED) is 0.574. The Morgan fingerprint density at radius 3 is 2.33 bits per heavy atom. The van der Waals surface area contributed by atoms with E-state index in [0.29, 0.717) is 7.12 Å². The van der Waals surface area contributed by atoms with Crippen molar-refractivity contribution < 1.29 is 0 Å². The predicted molar refractivity (Wildman–Crippen MR) is 50.7 cm³/mol. The molecule has 0 aliphatic heterocycles. The van der Waals surface area contributed by atoms with E-state index in [-0.39, 0.29) is 0 Å². The highest BCUT2D eigenvalue weighted by Gasteiger charge is 1.99. The summed E-state index contributed by atoms with van der Waals surface area (Å²) in [7, 11) is 0.306. The standard InChI is InChI=1S/C7H17PS/c1-7(2)5-6-8(3)9-4/h7H,5-6H2,1-4H3. The average Bonchev–Trinajstić information content (AvgIpc) is 1.83. The smallest absolute Gasteiger partial charge is 0.0142 e. The minimum absolute atomic E-state index is 0.306. The van der Waals surface area contributed by atoms with Crippen molar-refractivity contribution in [3.05, 3.63) is 0 Å². The van der Waals surface area contributed by atoms with Crippen molar-refractivity contribution in [3.8, 4) is 0 Å². The van der Waals surface area contributed by atoms with Gasteiger partial charge in [0.1, 0.15) is 0 Å². The molecule has 0 aromatic carbocycles. The lowest BCUT2D eigenvalue weighted by Gasteiger charge is -2.09. The van der Waals surface area contributed by atoms with Crippen molar-refractivity contribution >= 4 is 18.5 Å². The van der Waals surface area contributed by atoms with Crippen molar-refractivity contribution in [2.45, 2.75) is 20.3 Å². The predicted octanol–water partition coefficient (Wildman–Crippen LogP) is 3.42. The molecule has 0 saturated carbocycles. The van der Waals surface area contributed by atoms with E-state index in [1.807, 2.05) is 11.4 Å². The van der Waals surface area contributed by atoms with Crippen LogP contribution in [0.25, 0.3) is 0 Å². The van der Waals surface area contributed by atoms with Gasteiger partial charge in [0.2, 0.25) is 0 Å². The van der Waals surface area contributed by atoms with Gasteiger partial charge in [-0.25, -0.2) is 0 Å². The molecule has 0 amide bonds. The molecule has 1 atom stereocenters. The van der Waals surface area contributed by atoms with Gasteiger partial charge in [0.05, 0.1) is 0 Å². The Morgan fingerprint density at radius 2 is 2.00 bits per heavy atom. The fraction of sp³-hybridized carbons (Fsp3) is 1.00. The van der Waals surface area contributed by atoms with Crippen molar-refractivity contribution in [2.75, 3.05) is 19.1 Å². The van der Waals surface area contributed by atoms with E-state index >= 15 is 0 Å². The molecule has 0 fully saturated rings. The van der Waals surface area contributed by atoms with Crippen molar-refractivity contribution in [2.24, 2.45) is 5.92 Å². The van der Waals surface area contributed by atoms with Crippen LogP contribution in [0.5, 0.6) is 0 Å². The molecule has 0 aliphatic carbocycles. The van der Waals surface area contributed by atoms with E-state index in [9.17, 15) is 0 Å². The second-order valence-corrected chi connectivity index (χ2v) is 7.75. The topological polar surface area (TPSA) is 0 Å². The van der Waals surface area contributed by atoms with Gasteiger partial charge in [0.15, 0.2) is 0 Å². The van der Waals surface area contributed by atoms with Gasteiger partial charge < -0.3 is 0 Å². The maximum Gasteiger partial charge on any atom is -0.0142 e. The second kappa shape index (κ2) is 5.56. The van der Waals surface area contributed by atoms with Gasteiger partial charge in [-0.05, 0) is 31.4 Å². The Bertz CT molecular complexity index is 63.9. The lowest BCUT2D eigenvalue weighted by Crippen LogP contribution is -1.89. The largest absolute Gasteiger partial charge is 0.138 e. The monoisotopic (exact) mass is 164 g/mol. The Labute approximate surface area is 64.3 Å². The SMILES string of the molecule is CSP(C)CCC(C)C. The highest BCUT2D eigenvalue weighted by Crippen LogP contribution is 2.44. The second-order valence-electron chi connectivity index (χ2n) is 2.72. The Morgan fingerprint density at radius 1 is 1.44 bits per heavy atom. The molecule has 0 bridgehead atoms. The summed E-state index contributed by atoms with van der Waals surface area (Å²) in [6, 6.07) is 0. The zero-order valence-corrected chi connectivity index (χ0v) is 8.56. The van der Waals surface area contributed by atoms with Crippen LogP contribution in [0.15, 0.2) is 0 Å².